The minimum absolute atomic E-state index is 0.123. The molecule has 1 aliphatic carbocycles. The lowest BCUT2D eigenvalue weighted by Crippen LogP contribution is -2.39. The molecule has 2 atom stereocenters. The first-order chi connectivity index (χ1) is 10.0. The maximum Gasteiger partial charge on any atom is 0.244 e. The molecule has 3 rings (SSSR count). The lowest BCUT2D eigenvalue weighted by atomic mass is 9.86. The summed E-state index contributed by atoms with van der Waals surface area (Å²) in [4.78, 5) is 0.127. The molecule has 2 fully saturated rings. The molecule has 116 valence electrons. The van der Waals surface area contributed by atoms with Gasteiger partial charge in [0.15, 0.2) is 0 Å². The molecule has 1 aromatic rings. The Morgan fingerprint density at radius 3 is 2.76 bits per heavy atom. The first-order valence-electron chi connectivity index (χ1n) is 7.45. The molecule has 0 amide bonds. The molecule has 1 aliphatic heterocycles. The van der Waals surface area contributed by atoms with E-state index in [-0.39, 0.29) is 22.6 Å². The first kappa shape index (κ1) is 15.3. The summed E-state index contributed by atoms with van der Waals surface area (Å²) in [6, 6.07) is 4.81. The van der Waals surface area contributed by atoms with Crippen LogP contribution in [0.15, 0.2) is 23.1 Å². The largest absolute Gasteiger partial charge is 0.392 e. The molecule has 1 saturated carbocycles. The molecule has 1 saturated heterocycles. The van der Waals surface area contributed by atoms with Gasteiger partial charge in [0, 0.05) is 12.6 Å². The highest BCUT2D eigenvalue weighted by molar-refractivity contribution is 7.89. The van der Waals surface area contributed by atoms with Gasteiger partial charge in [-0.1, -0.05) is 30.5 Å². The van der Waals surface area contributed by atoms with Crippen molar-refractivity contribution in [2.24, 2.45) is 5.92 Å². The Hall–Kier alpha value is -0.620. The minimum atomic E-state index is -3.58. The molecule has 4 nitrogen and oxygen atoms in total. The number of fused-ring (bicyclic) bond motifs is 1. The van der Waals surface area contributed by atoms with Gasteiger partial charge in [-0.25, -0.2) is 8.42 Å². The Balaban J connectivity index is 1.97. The van der Waals surface area contributed by atoms with Crippen molar-refractivity contribution >= 4 is 21.6 Å². The quantitative estimate of drug-likeness (QED) is 0.927. The molecule has 2 unspecified atom stereocenters. The monoisotopic (exact) mass is 329 g/mol. The summed E-state index contributed by atoms with van der Waals surface area (Å²) >= 11 is 6.10. The van der Waals surface area contributed by atoms with Crippen molar-refractivity contribution in [1.82, 2.24) is 4.31 Å². The Bertz CT molecular complexity index is 632. The highest BCUT2D eigenvalue weighted by atomic mass is 35.5. The van der Waals surface area contributed by atoms with E-state index in [1.807, 2.05) is 0 Å². The van der Waals surface area contributed by atoms with Crippen LogP contribution in [0.2, 0.25) is 5.02 Å². The molecular weight excluding hydrogens is 310 g/mol. The maximum absolute atomic E-state index is 12.9. The number of aliphatic hydroxyl groups excluding tert-OH is 1. The molecule has 1 aromatic carbocycles. The van der Waals surface area contributed by atoms with Crippen LogP contribution in [0.3, 0.4) is 0 Å². The lowest BCUT2D eigenvalue weighted by Gasteiger charge is -2.31. The third-order valence-corrected chi connectivity index (χ3v) is 7.13. The fraction of sp³-hybridized carbons (Fsp3) is 0.600. The third-order valence-electron chi connectivity index (χ3n) is 4.72. The van der Waals surface area contributed by atoms with Gasteiger partial charge in [-0.15, -0.1) is 0 Å². The topological polar surface area (TPSA) is 57.6 Å². The number of hydrogen-bond donors (Lipinski definition) is 1. The normalized spacial score (nSPS) is 26.8. The SMILES string of the molecule is O=S(=O)(c1cc(CO)ccc1Cl)N1CCC2CCCCC21. The van der Waals surface area contributed by atoms with Gasteiger partial charge in [0.2, 0.25) is 10.0 Å². The maximum atomic E-state index is 12.9. The van der Waals surface area contributed by atoms with Crippen molar-refractivity contribution in [3.8, 4) is 0 Å². The second-order valence-corrected chi connectivity index (χ2v) is 8.21. The van der Waals surface area contributed by atoms with E-state index in [1.165, 1.54) is 12.5 Å². The van der Waals surface area contributed by atoms with Gasteiger partial charge in [-0.05, 0) is 42.9 Å². The van der Waals surface area contributed by atoms with E-state index in [9.17, 15) is 13.5 Å². The van der Waals surface area contributed by atoms with Crippen LogP contribution in [-0.2, 0) is 16.6 Å². The van der Waals surface area contributed by atoms with Crippen LogP contribution >= 0.6 is 11.6 Å². The van der Waals surface area contributed by atoms with Crippen molar-refractivity contribution in [3.05, 3.63) is 28.8 Å². The number of benzene rings is 1. The Morgan fingerprint density at radius 1 is 1.24 bits per heavy atom. The third kappa shape index (κ3) is 2.72. The molecule has 0 aromatic heterocycles. The van der Waals surface area contributed by atoms with Crippen LogP contribution in [0, 0.1) is 5.92 Å². The summed E-state index contributed by atoms with van der Waals surface area (Å²) in [7, 11) is -3.58. The lowest BCUT2D eigenvalue weighted by molar-refractivity contribution is 0.260. The molecular formula is C15H20ClNO3S. The van der Waals surface area contributed by atoms with Crippen molar-refractivity contribution in [2.75, 3.05) is 6.54 Å². The Morgan fingerprint density at radius 2 is 2.00 bits per heavy atom. The van der Waals surface area contributed by atoms with Gasteiger partial charge < -0.3 is 5.11 Å². The standard InChI is InChI=1S/C15H20ClNO3S/c16-13-6-5-11(10-18)9-15(13)21(19,20)17-8-7-12-3-1-2-4-14(12)17/h5-6,9,12,14,18H,1-4,7-8,10H2. The summed E-state index contributed by atoms with van der Waals surface area (Å²) in [6.45, 7) is 0.392. The number of nitrogens with zero attached hydrogens (tertiary/aromatic N) is 1. The fourth-order valence-corrected chi connectivity index (χ4v) is 5.89. The van der Waals surface area contributed by atoms with Crippen molar-refractivity contribution in [3.63, 3.8) is 0 Å². The van der Waals surface area contributed by atoms with Crippen LogP contribution in [0.1, 0.15) is 37.7 Å². The molecule has 0 bridgehead atoms. The summed E-state index contributed by atoms with van der Waals surface area (Å²) in [5.41, 5.74) is 0.567. The van der Waals surface area contributed by atoms with Crippen LogP contribution in [0.25, 0.3) is 0 Å². The zero-order chi connectivity index (χ0) is 15.0. The molecule has 1 heterocycles. The smallest absolute Gasteiger partial charge is 0.244 e. The van der Waals surface area contributed by atoms with E-state index < -0.39 is 10.0 Å². The summed E-state index contributed by atoms with van der Waals surface area (Å²) < 4.78 is 27.5. The minimum Gasteiger partial charge on any atom is -0.392 e. The summed E-state index contributed by atoms with van der Waals surface area (Å²) in [6.07, 6.45) is 5.32. The van der Waals surface area contributed by atoms with Gasteiger partial charge in [0.05, 0.1) is 11.6 Å². The van der Waals surface area contributed by atoms with E-state index in [0.29, 0.717) is 18.0 Å². The number of hydrogen-bond acceptors (Lipinski definition) is 3. The van der Waals surface area contributed by atoms with E-state index in [1.54, 1.807) is 16.4 Å². The Kier molecular flexibility index (Phi) is 4.28. The van der Waals surface area contributed by atoms with E-state index in [4.69, 9.17) is 11.6 Å². The number of aliphatic hydroxyl groups is 1. The second kappa shape index (κ2) is 5.88. The number of sulfonamides is 1. The van der Waals surface area contributed by atoms with E-state index >= 15 is 0 Å². The van der Waals surface area contributed by atoms with Crippen LogP contribution < -0.4 is 0 Å². The summed E-state index contributed by atoms with van der Waals surface area (Å²) in [5, 5.41) is 9.45. The molecule has 2 aliphatic rings. The van der Waals surface area contributed by atoms with Gasteiger partial charge in [-0.3, -0.25) is 0 Å². The van der Waals surface area contributed by atoms with Gasteiger partial charge >= 0.3 is 0 Å². The van der Waals surface area contributed by atoms with Gasteiger partial charge in [0.1, 0.15) is 4.90 Å². The van der Waals surface area contributed by atoms with Gasteiger partial charge in [-0.2, -0.15) is 4.31 Å². The average Bonchev–Trinajstić information content (AvgIpc) is 2.92. The zero-order valence-corrected chi connectivity index (χ0v) is 13.4. The highest BCUT2D eigenvalue weighted by Crippen LogP contribution is 2.40. The fourth-order valence-electron chi connectivity index (χ4n) is 3.63. The van der Waals surface area contributed by atoms with Crippen molar-refractivity contribution in [2.45, 2.75) is 49.6 Å². The molecule has 21 heavy (non-hydrogen) atoms. The molecule has 0 spiro atoms. The average molecular weight is 330 g/mol. The molecule has 1 N–H and O–H groups in total. The van der Waals surface area contributed by atoms with E-state index in [0.717, 1.165) is 25.7 Å². The second-order valence-electron chi connectivity index (χ2n) is 5.94. The van der Waals surface area contributed by atoms with E-state index in [2.05, 4.69) is 0 Å². The first-order valence-corrected chi connectivity index (χ1v) is 9.27. The number of rotatable bonds is 3. The number of halogens is 1. The predicted octanol–water partition coefficient (Wildman–Crippen LogP) is 2.79. The van der Waals surface area contributed by atoms with Crippen LogP contribution in [-0.4, -0.2) is 30.4 Å². The van der Waals surface area contributed by atoms with Gasteiger partial charge in [0.25, 0.3) is 0 Å². The molecule has 6 heteroatoms. The van der Waals surface area contributed by atoms with Crippen molar-refractivity contribution in [1.29, 1.82) is 0 Å². The Labute approximate surface area is 130 Å². The van der Waals surface area contributed by atoms with Crippen LogP contribution in [0.5, 0.6) is 0 Å². The van der Waals surface area contributed by atoms with Crippen molar-refractivity contribution < 1.29 is 13.5 Å². The zero-order valence-electron chi connectivity index (χ0n) is 11.8. The predicted molar refractivity (Wildman–Crippen MR) is 81.6 cm³/mol. The molecule has 0 radical (unpaired) electrons. The van der Waals surface area contributed by atoms with Crippen LogP contribution in [0.4, 0.5) is 0 Å². The summed E-state index contributed by atoms with van der Waals surface area (Å²) in [5.74, 6) is 0.494. The highest BCUT2D eigenvalue weighted by Gasteiger charge is 2.42.